The van der Waals surface area contributed by atoms with Gasteiger partial charge in [0.2, 0.25) is 5.78 Å². The lowest BCUT2D eigenvalue weighted by molar-refractivity contribution is -0.153. The number of aryl methyl sites for hydroxylation is 2. The number of amides is 1. The number of aromatic nitrogens is 1. The third kappa shape index (κ3) is 4.18. The number of Topliss-reactive ketones (excluding diaryl/α,β-unsaturated/α-hetero) is 2. The van der Waals surface area contributed by atoms with Gasteiger partial charge in [0.25, 0.3) is 5.91 Å². The van der Waals surface area contributed by atoms with E-state index in [1.807, 2.05) is 43.3 Å². The van der Waals surface area contributed by atoms with Crippen molar-refractivity contribution in [2.75, 3.05) is 33.1 Å². The van der Waals surface area contributed by atoms with Crippen LogP contribution in [0.25, 0.3) is 5.76 Å². The molecule has 41 heavy (non-hydrogen) atoms. The second kappa shape index (κ2) is 10.0. The largest absolute Gasteiger partial charge is 0.508 e. The van der Waals surface area contributed by atoms with Crippen molar-refractivity contribution in [2.24, 2.45) is 17.6 Å². The summed E-state index contributed by atoms with van der Waals surface area (Å²) in [6.07, 6.45) is 2.89. The fourth-order valence-electron chi connectivity index (χ4n) is 6.74. The number of primary amides is 1. The van der Waals surface area contributed by atoms with Crippen LogP contribution in [0.1, 0.15) is 28.8 Å². The predicted octanol–water partition coefficient (Wildman–Crippen LogP) is 1.21. The fourth-order valence-corrected chi connectivity index (χ4v) is 6.74. The van der Waals surface area contributed by atoms with Crippen LogP contribution in [-0.4, -0.2) is 87.6 Å². The number of phenolic OH excluding ortho intramolecular Hbond substituents is 1. The molecule has 0 unspecified atom stereocenters. The van der Waals surface area contributed by atoms with E-state index in [4.69, 9.17) is 5.73 Å². The van der Waals surface area contributed by atoms with Gasteiger partial charge in [-0.05, 0) is 75.0 Å². The molecule has 1 aromatic heterocycles. The van der Waals surface area contributed by atoms with Gasteiger partial charge in [0.1, 0.15) is 22.8 Å². The van der Waals surface area contributed by atoms with Gasteiger partial charge in [0, 0.05) is 43.2 Å². The van der Waals surface area contributed by atoms with E-state index in [1.165, 1.54) is 4.90 Å². The Kier molecular flexibility index (Phi) is 6.91. The van der Waals surface area contributed by atoms with Crippen molar-refractivity contribution in [3.05, 3.63) is 69.8 Å². The van der Waals surface area contributed by atoms with E-state index >= 15 is 0 Å². The molecule has 1 heterocycles. The van der Waals surface area contributed by atoms with Gasteiger partial charge in [-0.25, -0.2) is 0 Å². The topological polar surface area (TPSA) is 178 Å². The maximum Gasteiger partial charge on any atom is 0.255 e. The zero-order valence-corrected chi connectivity index (χ0v) is 23.4. The molecule has 3 aliphatic carbocycles. The molecule has 1 fully saturated rings. The van der Waals surface area contributed by atoms with Gasteiger partial charge < -0.3 is 31.1 Å². The number of likely N-dealkylation sites (N-methyl/N-ethyl adjacent to an activating group) is 1. The molecule has 11 nitrogen and oxygen atoms in total. The van der Waals surface area contributed by atoms with E-state index < -0.39 is 58.0 Å². The Labute approximate surface area is 237 Å². The first-order valence-corrected chi connectivity index (χ1v) is 13.4. The summed E-state index contributed by atoms with van der Waals surface area (Å²) < 4.78 is 0. The van der Waals surface area contributed by atoms with Crippen LogP contribution in [0.15, 0.2) is 47.4 Å². The molecule has 0 spiro atoms. The summed E-state index contributed by atoms with van der Waals surface area (Å²) in [6, 6.07) is 6.30. The summed E-state index contributed by atoms with van der Waals surface area (Å²) in [6.45, 7) is 0. The van der Waals surface area contributed by atoms with Gasteiger partial charge in [-0.3, -0.25) is 24.3 Å². The summed E-state index contributed by atoms with van der Waals surface area (Å²) in [5.74, 6) is -6.60. The van der Waals surface area contributed by atoms with Crippen LogP contribution in [0, 0.1) is 11.8 Å². The number of nitrogens with zero attached hydrogens (tertiary/aromatic N) is 3. The van der Waals surface area contributed by atoms with Crippen LogP contribution in [0.5, 0.6) is 5.75 Å². The molecule has 216 valence electrons. The summed E-state index contributed by atoms with van der Waals surface area (Å²) in [4.78, 5) is 47.2. The number of aromatic hydroxyl groups is 1. The Bertz CT molecular complexity index is 1530. The van der Waals surface area contributed by atoms with Gasteiger partial charge in [-0.15, -0.1) is 0 Å². The van der Waals surface area contributed by atoms with Crippen molar-refractivity contribution < 1.29 is 34.8 Å². The zero-order valence-electron chi connectivity index (χ0n) is 23.4. The van der Waals surface area contributed by atoms with Crippen molar-refractivity contribution in [3.63, 3.8) is 0 Å². The first kappa shape index (κ1) is 28.3. The second-order valence-corrected chi connectivity index (χ2v) is 11.4. The third-order valence-corrected chi connectivity index (χ3v) is 8.63. The van der Waals surface area contributed by atoms with E-state index in [-0.39, 0.29) is 29.7 Å². The molecule has 3 aliphatic rings. The highest BCUT2D eigenvalue weighted by molar-refractivity contribution is 6.24. The molecule has 5 rings (SSSR count). The first-order valence-electron chi connectivity index (χ1n) is 13.4. The highest BCUT2D eigenvalue weighted by Gasteiger charge is 2.64. The quantitative estimate of drug-likeness (QED) is 0.322. The third-order valence-electron chi connectivity index (χ3n) is 8.63. The summed E-state index contributed by atoms with van der Waals surface area (Å²) in [7, 11) is 6.82. The normalized spacial score (nSPS) is 25.7. The Hall–Kier alpha value is -4.22. The van der Waals surface area contributed by atoms with E-state index in [1.54, 1.807) is 20.3 Å². The highest BCUT2D eigenvalue weighted by atomic mass is 16.3. The molecule has 1 aromatic carbocycles. The minimum atomic E-state index is -2.67. The molecule has 0 saturated heterocycles. The second-order valence-electron chi connectivity index (χ2n) is 11.4. The number of anilines is 1. The number of benzene rings is 1. The Balaban J connectivity index is 1.68. The molecular formula is C30H34N4O7. The molecule has 2 aromatic rings. The van der Waals surface area contributed by atoms with Crippen LogP contribution in [-0.2, 0) is 33.6 Å². The number of carbonyl (C=O) groups is 3. The number of hydrogen-bond acceptors (Lipinski definition) is 10. The Morgan fingerprint density at radius 1 is 1.12 bits per heavy atom. The number of fused-ring (bicyclic) bond motifs is 3. The molecule has 6 N–H and O–H groups in total. The number of pyridine rings is 1. The van der Waals surface area contributed by atoms with Gasteiger partial charge in [0.05, 0.1) is 11.6 Å². The molecular weight excluding hydrogens is 528 g/mol. The maximum absolute atomic E-state index is 14.1. The minimum absolute atomic E-state index is 0.0425. The Morgan fingerprint density at radius 2 is 1.83 bits per heavy atom. The summed E-state index contributed by atoms with van der Waals surface area (Å²) in [5, 5.41) is 45.8. The monoisotopic (exact) mass is 562 g/mol. The van der Waals surface area contributed by atoms with Crippen LogP contribution in [0.2, 0.25) is 0 Å². The SMILES string of the molecule is CN(C)c1cc(CCc2ccccn2)c(O)c2c1C[C@H]1C[C@H]3[C@H](N(C)C)C(=O)C(C(N)=O)=C(O)[C@@]3(O)C(=O)C1=C2O. The molecule has 0 radical (unpaired) electrons. The molecule has 1 saturated carbocycles. The van der Waals surface area contributed by atoms with E-state index in [2.05, 4.69) is 4.98 Å². The summed E-state index contributed by atoms with van der Waals surface area (Å²) >= 11 is 0. The number of ketones is 2. The van der Waals surface area contributed by atoms with Gasteiger partial charge in [0.15, 0.2) is 11.4 Å². The van der Waals surface area contributed by atoms with Gasteiger partial charge >= 0.3 is 0 Å². The van der Waals surface area contributed by atoms with Crippen molar-refractivity contribution >= 4 is 28.9 Å². The standard InChI is InChI=1S/C30H34N4O7/c1-33(2)19-13-14(8-9-16-7-5-6-10-32-16)24(35)21-17(19)11-15-12-18-23(34(3)4)26(37)22(29(31)40)28(39)30(18,41)27(38)20(15)25(21)36/h5-7,10,13,15,18,23,35-36,39,41H,8-9,11-12H2,1-4H3,(H2,31,40)/t15-,18-,23-,30-/m0/s1. The number of phenols is 1. The lowest BCUT2D eigenvalue weighted by Gasteiger charge is -2.50. The van der Waals surface area contributed by atoms with Crippen molar-refractivity contribution in [1.29, 1.82) is 0 Å². The molecule has 1 amide bonds. The van der Waals surface area contributed by atoms with Gasteiger partial charge in [-0.2, -0.15) is 0 Å². The number of carbonyl (C=O) groups excluding carboxylic acids is 3. The van der Waals surface area contributed by atoms with Crippen LogP contribution < -0.4 is 10.6 Å². The molecule has 0 aliphatic heterocycles. The van der Waals surface area contributed by atoms with Crippen molar-refractivity contribution in [2.45, 2.75) is 37.3 Å². The lowest BCUT2D eigenvalue weighted by atomic mass is 9.57. The smallest absolute Gasteiger partial charge is 0.255 e. The summed E-state index contributed by atoms with van der Waals surface area (Å²) in [5.41, 5.74) is 4.54. The van der Waals surface area contributed by atoms with Crippen LogP contribution in [0.4, 0.5) is 5.69 Å². The minimum Gasteiger partial charge on any atom is -0.508 e. The molecule has 11 heteroatoms. The van der Waals surface area contributed by atoms with Crippen LogP contribution in [0.3, 0.4) is 0 Å². The average Bonchev–Trinajstić information content (AvgIpc) is 2.90. The number of aliphatic hydroxyl groups is 3. The Morgan fingerprint density at radius 3 is 2.41 bits per heavy atom. The maximum atomic E-state index is 14.1. The van der Waals surface area contributed by atoms with Crippen LogP contribution >= 0.6 is 0 Å². The number of aliphatic hydroxyl groups excluding tert-OH is 2. The molecule has 4 atom stereocenters. The van der Waals surface area contributed by atoms with Crippen molar-refractivity contribution in [3.8, 4) is 5.75 Å². The fraction of sp³-hybridized carbons (Fsp3) is 0.400. The molecule has 0 bridgehead atoms. The van der Waals surface area contributed by atoms with Crippen molar-refractivity contribution in [1.82, 2.24) is 9.88 Å². The average molecular weight is 563 g/mol. The van der Waals surface area contributed by atoms with E-state index in [0.717, 1.165) is 11.4 Å². The zero-order chi connectivity index (χ0) is 30.0. The predicted molar refractivity (Wildman–Crippen MR) is 150 cm³/mol. The number of hydrogen-bond donors (Lipinski definition) is 5. The number of nitrogens with two attached hydrogens (primary N) is 1. The lowest BCUT2D eigenvalue weighted by Crippen LogP contribution is -2.65. The van der Waals surface area contributed by atoms with E-state index in [0.29, 0.717) is 24.0 Å². The first-order chi connectivity index (χ1) is 19.3. The number of rotatable bonds is 6. The highest BCUT2D eigenvalue weighted by Crippen LogP contribution is 2.54. The van der Waals surface area contributed by atoms with E-state index in [9.17, 15) is 34.8 Å². The van der Waals surface area contributed by atoms with Gasteiger partial charge in [-0.1, -0.05) is 6.07 Å².